The summed E-state index contributed by atoms with van der Waals surface area (Å²) in [5.74, 6) is 0.564. The fourth-order valence-corrected chi connectivity index (χ4v) is 3.51. The number of hydrogen-bond donors (Lipinski definition) is 1. The molecule has 4 heteroatoms. The predicted octanol–water partition coefficient (Wildman–Crippen LogP) is 5.94. The number of carbonyl (C=O) groups excluding carboxylic acids is 1. The summed E-state index contributed by atoms with van der Waals surface area (Å²) in [6.07, 6.45) is 0.0516. The molecule has 0 fully saturated rings. The highest BCUT2D eigenvalue weighted by molar-refractivity contribution is 7.99. The lowest BCUT2D eigenvalue weighted by atomic mass is 10.2. The molecular weight excluding hydrogens is 354 g/mol. The zero-order valence-corrected chi connectivity index (χ0v) is 16.3. The molecule has 3 rings (SSSR count). The zero-order valence-electron chi connectivity index (χ0n) is 15.5. The second-order valence-corrected chi connectivity index (χ2v) is 7.34. The van der Waals surface area contributed by atoms with Crippen LogP contribution in [0, 0.1) is 6.92 Å². The standard InChI is InChI=1S/C23H23NO2S/c1-3-21(26-18-15-13-17(2)14-16-18)23(25)24-20-11-7-8-12-22(20)27-19-9-5-4-6-10-19/h4-16,21H,3H2,1-2H3,(H,24,25)/t21-/m0/s1. The Morgan fingerprint density at radius 1 is 0.963 bits per heavy atom. The van der Waals surface area contributed by atoms with Crippen LogP contribution in [-0.2, 0) is 4.79 Å². The first-order chi connectivity index (χ1) is 13.2. The van der Waals surface area contributed by atoms with E-state index in [9.17, 15) is 4.79 Å². The average Bonchev–Trinajstić information content (AvgIpc) is 2.70. The van der Waals surface area contributed by atoms with Crippen LogP contribution in [0.2, 0.25) is 0 Å². The number of rotatable bonds is 7. The van der Waals surface area contributed by atoms with Crippen LogP contribution in [-0.4, -0.2) is 12.0 Å². The first-order valence-corrected chi connectivity index (χ1v) is 9.83. The number of anilines is 1. The Balaban J connectivity index is 1.71. The number of ether oxygens (including phenoxy) is 1. The number of carbonyl (C=O) groups is 1. The molecule has 0 aliphatic rings. The Hall–Kier alpha value is -2.72. The van der Waals surface area contributed by atoms with E-state index in [0.29, 0.717) is 12.2 Å². The summed E-state index contributed by atoms with van der Waals surface area (Å²) >= 11 is 1.63. The lowest BCUT2D eigenvalue weighted by Crippen LogP contribution is -2.32. The largest absolute Gasteiger partial charge is 0.481 e. The summed E-state index contributed by atoms with van der Waals surface area (Å²) in [6, 6.07) is 25.7. The summed E-state index contributed by atoms with van der Waals surface area (Å²) in [5, 5.41) is 3.03. The molecule has 1 amide bonds. The second kappa shape index (κ2) is 9.28. The lowest BCUT2D eigenvalue weighted by molar-refractivity contribution is -0.122. The Labute approximate surface area is 164 Å². The van der Waals surface area contributed by atoms with Crippen LogP contribution in [0.1, 0.15) is 18.9 Å². The molecule has 0 aliphatic carbocycles. The molecule has 27 heavy (non-hydrogen) atoms. The smallest absolute Gasteiger partial charge is 0.265 e. The molecular formula is C23H23NO2S. The highest BCUT2D eigenvalue weighted by Crippen LogP contribution is 2.33. The minimum absolute atomic E-state index is 0.140. The normalized spacial score (nSPS) is 11.6. The molecule has 0 saturated carbocycles. The Bertz CT molecular complexity index is 878. The first kappa shape index (κ1) is 19.1. The molecule has 3 aromatic carbocycles. The third-order valence-electron chi connectivity index (χ3n) is 4.08. The van der Waals surface area contributed by atoms with Gasteiger partial charge in [-0.05, 0) is 49.7 Å². The van der Waals surface area contributed by atoms with Gasteiger partial charge in [-0.3, -0.25) is 4.79 Å². The molecule has 0 radical (unpaired) electrons. The van der Waals surface area contributed by atoms with E-state index >= 15 is 0 Å². The first-order valence-electron chi connectivity index (χ1n) is 9.02. The number of amides is 1. The highest BCUT2D eigenvalue weighted by atomic mass is 32.2. The predicted molar refractivity (Wildman–Crippen MR) is 112 cm³/mol. The molecule has 0 spiro atoms. The summed E-state index contributed by atoms with van der Waals surface area (Å²) in [5.41, 5.74) is 1.95. The van der Waals surface area contributed by atoms with E-state index in [4.69, 9.17) is 4.74 Å². The van der Waals surface area contributed by atoms with Gasteiger partial charge in [0.2, 0.25) is 0 Å². The fraction of sp³-hybridized carbons (Fsp3) is 0.174. The third kappa shape index (κ3) is 5.38. The van der Waals surface area contributed by atoms with Gasteiger partial charge in [0.05, 0.1) is 5.69 Å². The molecule has 0 heterocycles. The van der Waals surface area contributed by atoms with Crippen molar-refractivity contribution in [1.82, 2.24) is 0 Å². The maximum Gasteiger partial charge on any atom is 0.265 e. The molecule has 138 valence electrons. The summed E-state index contributed by atoms with van der Waals surface area (Å²) in [4.78, 5) is 14.9. The van der Waals surface area contributed by atoms with E-state index in [1.54, 1.807) is 11.8 Å². The Morgan fingerprint density at radius 2 is 1.63 bits per heavy atom. The van der Waals surface area contributed by atoms with Gasteiger partial charge < -0.3 is 10.1 Å². The maximum atomic E-state index is 12.8. The lowest BCUT2D eigenvalue weighted by Gasteiger charge is -2.18. The third-order valence-corrected chi connectivity index (χ3v) is 5.16. The van der Waals surface area contributed by atoms with Crippen molar-refractivity contribution in [2.45, 2.75) is 36.2 Å². The van der Waals surface area contributed by atoms with Gasteiger partial charge in [-0.25, -0.2) is 0 Å². The molecule has 0 aliphatic heterocycles. The van der Waals surface area contributed by atoms with Crippen molar-refractivity contribution < 1.29 is 9.53 Å². The molecule has 3 aromatic rings. The quantitative estimate of drug-likeness (QED) is 0.553. The van der Waals surface area contributed by atoms with E-state index in [1.165, 1.54) is 0 Å². The van der Waals surface area contributed by atoms with Crippen LogP contribution in [0.3, 0.4) is 0 Å². The van der Waals surface area contributed by atoms with Crippen molar-refractivity contribution in [3.8, 4) is 5.75 Å². The topological polar surface area (TPSA) is 38.3 Å². The molecule has 0 unspecified atom stereocenters. The van der Waals surface area contributed by atoms with Crippen LogP contribution in [0.5, 0.6) is 5.75 Å². The summed E-state index contributed by atoms with van der Waals surface area (Å²) < 4.78 is 5.89. The van der Waals surface area contributed by atoms with Crippen LogP contribution in [0.4, 0.5) is 5.69 Å². The number of hydrogen-bond acceptors (Lipinski definition) is 3. The SMILES string of the molecule is CC[C@H](Oc1ccc(C)cc1)C(=O)Nc1ccccc1Sc1ccccc1. The van der Waals surface area contributed by atoms with Gasteiger partial charge in [-0.2, -0.15) is 0 Å². The number of para-hydroxylation sites is 1. The van der Waals surface area contributed by atoms with Crippen molar-refractivity contribution in [2.75, 3.05) is 5.32 Å². The van der Waals surface area contributed by atoms with Crippen LogP contribution >= 0.6 is 11.8 Å². The van der Waals surface area contributed by atoms with Crippen molar-refractivity contribution >= 4 is 23.4 Å². The van der Waals surface area contributed by atoms with Gasteiger partial charge in [0, 0.05) is 9.79 Å². The average molecular weight is 378 g/mol. The van der Waals surface area contributed by atoms with Crippen LogP contribution in [0.15, 0.2) is 88.7 Å². The zero-order chi connectivity index (χ0) is 19.1. The van der Waals surface area contributed by atoms with Gasteiger partial charge in [-0.1, -0.05) is 66.7 Å². The van der Waals surface area contributed by atoms with Crippen molar-refractivity contribution in [3.63, 3.8) is 0 Å². The van der Waals surface area contributed by atoms with Crippen molar-refractivity contribution in [3.05, 3.63) is 84.4 Å². The maximum absolute atomic E-state index is 12.8. The van der Waals surface area contributed by atoms with E-state index in [-0.39, 0.29) is 5.91 Å². The van der Waals surface area contributed by atoms with Crippen molar-refractivity contribution in [1.29, 1.82) is 0 Å². The van der Waals surface area contributed by atoms with Crippen LogP contribution in [0.25, 0.3) is 0 Å². The van der Waals surface area contributed by atoms with Gasteiger partial charge in [0.15, 0.2) is 6.10 Å². The van der Waals surface area contributed by atoms with E-state index in [1.807, 2.05) is 80.6 Å². The molecule has 1 atom stereocenters. The molecule has 3 nitrogen and oxygen atoms in total. The minimum atomic E-state index is -0.539. The van der Waals surface area contributed by atoms with Gasteiger partial charge in [-0.15, -0.1) is 0 Å². The minimum Gasteiger partial charge on any atom is -0.481 e. The monoisotopic (exact) mass is 377 g/mol. The molecule has 0 saturated heterocycles. The second-order valence-electron chi connectivity index (χ2n) is 6.23. The number of nitrogens with one attached hydrogen (secondary N) is 1. The van der Waals surface area contributed by atoms with Gasteiger partial charge in [0.1, 0.15) is 5.75 Å². The van der Waals surface area contributed by atoms with Gasteiger partial charge in [0.25, 0.3) is 5.91 Å². The molecule has 0 bridgehead atoms. The van der Waals surface area contributed by atoms with Gasteiger partial charge >= 0.3 is 0 Å². The van der Waals surface area contributed by atoms with E-state index in [2.05, 4.69) is 17.4 Å². The summed E-state index contributed by atoms with van der Waals surface area (Å²) in [7, 11) is 0. The molecule has 1 N–H and O–H groups in total. The van der Waals surface area contributed by atoms with Crippen LogP contribution < -0.4 is 10.1 Å². The fourth-order valence-electron chi connectivity index (χ4n) is 2.59. The number of aryl methyl sites for hydroxylation is 1. The van der Waals surface area contributed by atoms with E-state index in [0.717, 1.165) is 21.0 Å². The Morgan fingerprint density at radius 3 is 2.33 bits per heavy atom. The van der Waals surface area contributed by atoms with Crippen molar-refractivity contribution in [2.24, 2.45) is 0 Å². The highest BCUT2D eigenvalue weighted by Gasteiger charge is 2.19. The Kier molecular flexibility index (Phi) is 6.55. The summed E-state index contributed by atoms with van der Waals surface area (Å²) in [6.45, 7) is 3.97. The number of benzene rings is 3. The van der Waals surface area contributed by atoms with E-state index < -0.39 is 6.10 Å². The molecule has 0 aromatic heterocycles.